The molecule has 0 bridgehead atoms. The third-order valence-electron chi connectivity index (χ3n) is 4.82. The van der Waals surface area contributed by atoms with Crippen molar-refractivity contribution in [2.45, 2.75) is 26.4 Å². The van der Waals surface area contributed by atoms with Gasteiger partial charge >= 0.3 is 0 Å². The third kappa shape index (κ3) is 4.92. The third-order valence-corrected chi connectivity index (χ3v) is 5.68. The van der Waals surface area contributed by atoms with E-state index in [2.05, 4.69) is 10.1 Å². The van der Waals surface area contributed by atoms with Crippen LogP contribution in [0, 0.1) is 11.8 Å². The zero-order valence-electron chi connectivity index (χ0n) is 16.3. The normalized spacial score (nSPS) is 16.7. The van der Waals surface area contributed by atoms with Gasteiger partial charge < -0.3 is 19.4 Å². The maximum Gasteiger partial charge on any atom is 0.272 e. The van der Waals surface area contributed by atoms with Crippen molar-refractivity contribution in [1.29, 1.82) is 0 Å². The zero-order valence-corrected chi connectivity index (χ0v) is 17.1. The second-order valence-electron chi connectivity index (χ2n) is 7.35. The maximum atomic E-state index is 12.9. The van der Waals surface area contributed by atoms with E-state index in [4.69, 9.17) is 9.73 Å². The smallest absolute Gasteiger partial charge is 0.272 e. The summed E-state index contributed by atoms with van der Waals surface area (Å²) in [4.78, 5) is 33.4. The molecule has 2 atom stereocenters. The van der Waals surface area contributed by atoms with Crippen molar-refractivity contribution in [3.05, 3.63) is 17.5 Å². The maximum absolute atomic E-state index is 12.9. The number of aliphatic hydroxyl groups excluding tert-OH is 1. The molecule has 3 rings (SSSR count). The average Bonchev–Trinajstić information content (AvgIpc) is 3.42. The first-order valence-corrected chi connectivity index (χ1v) is 10.3. The van der Waals surface area contributed by atoms with E-state index >= 15 is 0 Å². The van der Waals surface area contributed by atoms with Gasteiger partial charge in [0.15, 0.2) is 0 Å². The van der Waals surface area contributed by atoms with Gasteiger partial charge in [-0.15, -0.1) is 11.3 Å². The van der Waals surface area contributed by atoms with Crippen molar-refractivity contribution in [3.8, 4) is 10.8 Å². The molecule has 0 spiro atoms. The highest BCUT2D eigenvalue weighted by Crippen LogP contribution is 2.25. The zero-order chi connectivity index (χ0) is 21.0. The molecule has 158 valence electrons. The molecule has 0 unspecified atom stereocenters. The number of nitrogens with one attached hydrogen (secondary N) is 1. The van der Waals surface area contributed by atoms with E-state index in [-0.39, 0.29) is 11.8 Å². The minimum atomic E-state index is -1.60. The number of rotatable bonds is 7. The molecule has 2 aromatic rings. The van der Waals surface area contributed by atoms with Crippen LogP contribution in [-0.2, 0) is 9.59 Å². The molecule has 10 nitrogen and oxygen atoms in total. The standard InChI is InChI=1S/C18H25N5O5S/c1-11(2)10-12(14(24)15(25)20-27)17(26)22-5-7-23(8-6-22)18-19-16(28-21-18)13-4-3-9-29-13/h3-4,9,11-12,14,24,27H,5-8,10H2,1-2H3,(H,20,25)/t12-,14+/m0/s1. The van der Waals surface area contributed by atoms with Gasteiger partial charge in [-0.1, -0.05) is 19.9 Å². The lowest BCUT2D eigenvalue weighted by Gasteiger charge is -2.36. The quantitative estimate of drug-likeness (QED) is 0.443. The van der Waals surface area contributed by atoms with Crippen LogP contribution in [0.3, 0.4) is 0 Å². The highest BCUT2D eigenvalue weighted by Gasteiger charge is 2.36. The Hall–Kier alpha value is -2.50. The monoisotopic (exact) mass is 423 g/mol. The van der Waals surface area contributed by atoms with E-state index in [1.807, 2.05) is 36.3 Å². The summed E-state index contributed by atoms with van der Waals surface area (Å²) in [6, 6.07) is 3.81. The molecule has 3 N–H and O–H groups in total. The predicted molar refractivity (Wildman–Crippen MR) is 105 cm³/mol. The Morgan fingerprint density at radius 1 is 1.31 bits per heavy atom. The van der Waals surface area contributed by atoms with Crippen LogP contribution in [0.1, 0.15) is 20.3 Å². The fourth-order valence-electron chi connectivity index (χ4n) is 3.33. The van der Waals surface area contributed by atoms with Crippen molar-refractivity contribution in [2.75, 3.05) is 31.1 Å². The number of aliphatic hydroxyl groups is 1. The summed E-state index contributed by atoms with van der Waals surface area (Å²) in [5, 5.41) is 24.9. The van der Waals surface area contributed by atoms with Crippen molar-refractivity contribution in [2.24, 2.45) is 11.8 Å². The van der Waals surface area contributed by atoms with Gasteiger partial charge in [0.05, 0.1) is 10.8 Å². The number of hydrogen-bond donors (Lipinski definition) is 3. The van der Waals surface area contributed by atoms with Gasteiger partial charge in [0, 0.05) is 26.2 Å². The van der Waals surface area contributed by atoms with Crippen LogP contribution in [-0.4, -0.2) is 69.5 Å². The number of nitrogens with zero attached hydrogens (tertiary/aromatic N) is 4. The average molecular weight is 423 g/mol. The number of hydrogen-bond acceptors (Lipinski definition) is 9. The van der Waals surface area contributed by atoms with Crippen molar-refractivity contribution in [3.63, 3.8) is 0 Å². The van der Waals surface area contributed by atoms with E-state index in [0.717, 1.165) is 4.88 Å². The topological polar surface area (TPSA) is 132 Å². The van der Waals surface area contributed by atoms with E-state index < -0.39 is 17.9 Å². The van der Waals surface area contributed by atoms with E-state index in [1.54, 1.807) is 4.90 Å². The Morgan fingerprint density at radius 3 is 2.62 bits per heavy atom. The molecule has 0 aromatic carbocycles. The van der Waals surface area contributed by atoms with Crippen molar-refractivity contribution >= 4 is 29.1 Å². The van der Waals surface area contributed by atoms with Gasteiger partial charge in [-0.3, -0.25) is 14.8 Å². The summed E-state index contributed by atoms with van der Waals surface area (Å²) in [7, 11) is 0. The Labute approximate surface area is 172 Å². The van der Waals surface area contributed by atoms with Crippen LogP contribution in [0.25, 0.3) is 10.8 Å². The number of aromatic nitrogens is 2. The predicted octanol–water partition coefficient (Wildman–Crippen LogP) is 0.975. The molecule has 2 aromatic heterocycles. The Balaban J connectivity index is 1.62. The Kier molecular flexibility index (Phi) is 6.83. The molecular formula is C18H25N5O5S. The van der Waals surface area contributed by atoms with Crippen LogP contribution in [0.5, 0.6) is 0 Å². The van der Waals surface area contributed by atoms with Gasteiger partial charge in [0.2, 0.25) is 5.91 Å². The second-order valence-corrected chi connectivity index (χ2v) is 8.29. The molecule has 1 saturated heterocycles. The molecule has 0 aliphatic carbocycles. The summed E-state index contributed by atoms with van der Waals surface area (Å²) in [6.45, 7) is 5.64. The van der Waals surface area contributed by atoms with Gasteiger partial charge in [0.25, 0.3) is 17.7 Å². The second kappa shape index (κ2) is 9.33. The number of thiophene rings is 1. The first kappa shape index (κ1) is 21.2. The van der Waals surface area contributed by atoms with Crippen LogP contribution < -0.4 is 10.4 Å². The molecule has 1 fully saturated rings. The molecule has 11 heteroatoms. The number of carbonyl (C=O) groups excluding carboxylic acids is 2. The number of hydroxylamine groups is 1. The Morgan fingerprint density at radius 2 is 2.03 bits per heavy atom. The molecule has 1 aliphatic rings. The van der Waals surface area contributed by atoms with Crippen LogP contribution in [0.4, 0.5) is 5.95 Å². The number of piperazine rings is 1. The molecule has 3 heterocycles. The minimum absolute atomic E-state index is 0.0985. The summed E-state index contributed by atoms with van der Waals surface area (Å²) in [6.07, 6.45) is -1.26. The highest BCUT2D eigenvalue weighted by molar-refractivity contribution is 7.13. The first-order valence-electron chi connectivity index (χ1n) is 9.44. The minimum Gasteiger partial charge on any atom is -0.382 e. The summed E-state index contributed by atoms with van der Waals surface area (Å²) in [5.74, 6) is -1.16. The van der Waals surface area contributed by atoms with Gasteiger partial charge in [-0.2, -0.15) is 4.98 Å². The molecule has 29 heavy (non-hydrogen) atoms. The lowest BCUT2D eigenvalue weighted by atomic mass is 9.90. The number of amides is 2. The fourth-order valence-corrected chi connectivity index (χ4v) is 3.97. The summed E-state index contributed by atoms with van der Waals surface area (Å²) >= 11 is 1.51. The van der Waals surface area contributed by atoms with Gasteiger partial charge in [-0.25, -0.2) is 5.48 Å². The van der Waals surface area contributed by atoms with Crippen LogP contribution in [0.15, 0.2) is 22.0 Å². The van der Waals surface area contributed by atoms with Crippen molar-refractivity contribution in [1.82, 2.24) is 20.5 Å². The number of anilines is 1. The van der Waals surface area contributed by atoms with Crippen LogP contribution >= 0.6 is 11.3 Å². The first-order chi connectivity index (χ1) is 13.9. The van der Waals surface area contributed by atoms with E-state index in [9.17, 15) is 14.7 Å². The lowest BCUT2D eigenvalue weighted by molar-refractivity contribution is -0.151. The summed E-state index contributed by atoms with van der Waals surface area (Å²) < 4.78 is 5.31. The largest absolute Gasteiger partial charge is 0.382 e. The van der Waals surface area contributed by atoms with Gasteiger partial charge in [0.1, 0.15) is 6.10 Å². The summed E-state index contributed by atoms with van der Waals surface area (Å²) in [5.41, 5.74) is 1.42. The molecule has 0 saturated carbocycles. The van der Waals surface area contributed by atoms with Crippen molar-refractivity contribution < 1.29 is 24.4 Å². The van der Waals surface area contributed by atoms with E-state index in [0.29, 0.717) is 44.4 Å². The van der Waals surface area contributed by atoms with E-state index in [1.165, 1.54) is 16.8 Å². The SMILES string of the molecule is CC(C)C[C@H](C(=O)N1CCN(c2noc(-c3cccs3)n2)CC1)[C@@H](O)C(=O)NO. The van der Waals surface area contributed by atoms with Gasteiger partial charge in [-0.05, 0) is 28.9 Å². The van der Waals surface area contributed by atoms with Crippen LogP contribution in [0.2, 0.25) is 0 Å². The molecule has 1 aliphatic heterocycles. The number of carbonyl (C=O) groups is 2. The molecular weight excluding hydrogens is 398 g/mol. The lowest BCUT2D eigenvalue weighted by Crippen LogP contribution is -2.53. The molecule has 0 radical (unpaired) electrons. The molecule has 2 amide bonds. The highest BCUT2D eigenvalue weighted by atomic mass is 32.1. The Bertz CT molecular complexity index is 816. The fraction of sp³-hybridized carbons (Fsp3) is 0.556.